The van der Waals surface area contributed by atoms with Crippen molar-refractivity contribution in [2.45, 2.75) is 18.7 Å². The number of fused-ring (bicyclic) bond motifs is 3. The van der Waals surface area contributed by atoms with Crippen molar-refractivity contribution in [1.82, 2.24) is 5.01 Å². The lowest BCUT2D eigenvalue weighted by molar-refractivity contribution is -0.00455. The van der Waals surface area contributed by atoms with Gasteiger partial charge in [-0.3, -0.25) is 4.79 Å². The van der Waals surface area contributed by atoms with E-state index in [1.54, 1.807) is 7.11 Å². The maximum Gasteiger partial charge on any atom is 0.251 e. The van der Waals surface area contributed by atoms with Gasteiger partial charge in [0.1, 0.15) is 11.5 Å². The van der Waals surface area contributed by atoms with Crippen molar-refractivity contribution in [3.8, 4) is 11.5 Å². The molecule has 144 valence electrons. The fourth-order valence-corrected chi connectivity index (χ4v) is 3.91. The predicted molar refractivity (Wildman–Crippen MR) is 110 cm³/mol. The lowest BCUT2D eigenvalue weighted by Gasteiger charge is -2.37. The summed E-state index contributed by atoms with van der Waals surface area (Å²) in [6.07, 6.45) is -0.0707. The molecule has 2 atom stereocenters. The number of hydrogen-bond donors (Lipinski definition) is 0. The van der Waals surface area contributed by atoms with Crippen LogP contribution in [0, 0.1) is 0 Å². The monoisotopic (exact) mass is 384 g/mol. The van der Waals surface area contributed by atoms with Crippen LogP contribution < -0.4 is 9.47 Å². The molecule has 0 aliphatic carbocycles. The zero-order chi connectivity index (χ0) is 19.8. The van der Waals surface area contributed by atoms with Crippen molar-refractivity contribution in [2.75, 3.05) is 7.11 Å². The Balaban J connectivity index is 1.54. The highest BCUT2D eigenvalue weighted by Crippen LogP contribution is 2.43. The molecule has 2 aliphatic heterocycles. The van der Waals surface area contributed by atoms with Crippen LogP contribution in [-0.2, 0) is 0 Å². The van der Waals surface area contributed by atoms with Crippen molar-refractivity contribution >= 4 is 11.5 Å². The van der Waals surface area contributed by atoms with Crippen LogP contribution in [0.3, 0.4) is 0 Å². The summed E-state index contributed by atoms with van der Waals surface area (Å²) >= 11 is 0. The normalized spacial score (nSPS) is 19.6. The third-order valence-electron chi connectivity index (χ3n) is 5.40. The Morgan fingerprint density at radius 2 is 1.72 bits per heavy atom. The second kappa shape index (κ2) is 7.09. The van der Waals surface area contributed by atoms with Gasteiger partial charge in [-0.05, 0) is 35.9 Å². The molecule has 0 N–H and O–H groups in total. The van der Waals surface area contributed by atoms with E-state index < -0.39 is 6.23 Å². The molecule has 5 heteroatoms. The number of ketones is 1. The van der Waals surface area contributed by atoms with E-state index in [-0.39, 0.29) is 11.8 Å². The third-order valence-corrected chi connectivity index (χ3v) is 5.40. The van der Waals surface area contributed by atoms with E-state index in [4.69, 9.17) is 14.6 Å². The number of nitrogens with zero attached hydrogens (tertiary/aromatic N) is 2. The zero-order valence-electron chi connectivity index (χ0n) is 16.0. The Bertz CT molecular complexity index is 1080. The van der Waals surface area contributed by atoms with Gasteiger partial charge in [-0.1, -0.05) is 48.5 Å². The summed E-state index contributed by atoms with van der Waals surface area (Å²) in [5, 5.41) is 6.64. The summed E-state index contributed by atoms with van der Waals surface area (Å²) in [6, 6.07) is 24.9. The van der Waals surface area contributed by atoms with Crippen LogP contribution in [-0.4, -0.2) is 29.8 Å². The molecule has 0 fully saturated rings. The standard InChI is InChI=1S/C24H20N2O3/c1-28-18-13-11-16(12-14-18)20-15-21-19-9-5-6-10-22(19)29-24(26(21)25-20)23(27)17-7-3-2-4-8-17/h2-14,21,24H,15H2,1H3/t21-,24-/m1/s1. The molecule has 3 aromatic rings. The van der Waals surface area contributed by atoms with Gasteiger partial charge in [-0.25, -0.2) is 5.01 Å². The van der Waals surface area contributed by atoms with Crippen molar-refractivity contribution in [1.29, 1.82) is 0 Å². The fourth-order valence-electron chi connectivity index (χ4n) is 3.91. The van der Waals surface area contributed by atoms with Gasteiger partial charge in [-0.15, -0.1) is 0 Å². The number of hydrazone groups is 1. The van der Waals surface area contributed by atoms with Gasteiger partial charge in [0.25, 0.3) is 6.23 Å². The largest absolute Gasteiger partial charge is 0.497 e. The Kier molecular flexibility index (Phi) is 4.28. The van der Waals surface area contributed by atoms with Gasteiger partial charge in [0.2, 0.25) is 5.78 Å². The number of ether oxygens (including phenoxy) is 2. The molecule has 0 saturated carbocycles. The number of benzene rings is 3. The summed E-state index contributed by atoms with van der Waals surface area (Å²) in [6.45, 7) is 0. The van der Waals surface area contributed by atoms with Crippen LogP contribution >= 0.6 is 0 Å². The zero-order valence-corrected chi connectivity index (χ0v) is 16.0. The molecule has 5 rings (SSSR count). The second-order valence-electron chi connectivity index (χ2n) is 7.11. The molecule has 0 unspecified atom stereocenters. The summed E-state index contributed by atoms with van der Waals surface area (Å²) in [5.74, 6) is 1.45. The Labute approximate surface area is 169 Å². The van der Waals surface area contributed by atoms with Gasteiger partial charge in [0.05, 0.1) is 18.9 Å². The van der Waals surface area contributed by atoms with Gasteiger partial charge >= 0.3 is 0 Å². The molecular formula is C24H20N2O3. The number of carbonyl (C=O) groups is 1. The first-order valence-electron chi connectivity index (χ1n) is 9.59. The van der Waals surface area contributed by atoms with E-state index in [1.807, 2.05) is 83.9 Å². The van der Waals surface area contributed by atoms with Crippen molar-refractivity contribution < 1.29 is 14.3 Å². The lowest BCUT2D eigenvalue weighted by Crippen LogP contribution is -2.45. The molecule has 3 aromatic carbocycles. The molecular weight excluding hydrogens is 364 g/mol. The van der Waals surface area contributed by atoms with Crippen molar-refractivity contribution in [3.63, 3.8) is 0 Å². The molecule has 0 aromatic heterocycles. The van der Waals surface area contributed by atoms with Crippen LogP contribution in [0.25, 0.3) is 0 Å². The first-order valence-corrected chi connectivity index (χ1v) is 9.59. The maximum atomic E-state index is 13.2. The van der Waals surface area contributed by atoms with E-state index in [0.29, 0.717) is 12.0 Å². The molecule has 0 radical (unpaired) electrons. The summed E-state index contributed by atoms with van der Waals surface area (Å²) in [4.78, 5) is 13.2. The number of methoxy groups -OCH3 is 1. The second-order valence-corrected chi connectivity index (χ2v) is 7.11. The third kappa shape index (κ3) is 3.05. The van der Waals surface area contributed by atoms with E-state index in [1.165, 1.54) is 0 Å². The van der Waals surface area contributed by atoms with Gasteiger partial charge < -0.3 is 9.47 Å². The fraction of sp³-hybridized carbons (Fsp3) is 0.167. The Hall–Kier alpha value is -3.60. The van der Waals surface area contributed by atoms with E-state index >= 15 is 0 Å². The predicted octanol–water partition coefficient (Wildman–Crippen LogP) is 4.45. The number of para-hydroxylation sites is 1. The number of Topliss-reactive ketones (excluding diaryl/α,β-unsaturated/α-hetero) is 1. The topological polar surface area (TPSA) is 51.1 Å². The van der Waals surface area contributed by atoms with Gasteiger partial charge in [0, 0.05) is 17.5 Å². The Morgan fingerprint density at radius 3 is 2.48 bits per heavy atom. The number of rotatable bonds is 4. The van der Waals surface area contributed by atoms with Gasteiger partial charge in [0.15, 0.2) is 0 Å². The van der Waals surface area contributed by atoms with Crippen LogP contribution in [0.4, 0.5) is 0 Å². The van der Waals surface area contributed by atoms with E-state index in [0.717, 1.165) is 28.3 Å². The highest BCUT2D eigenvalue weighted by molar-refractivity contribution is 6.03. The molecule has 0 spiro atoms. The molecule has 0 amide bonds. The molecule has 0 saturated heterocycles. The first kappa shape index (κ1) is 17.5. The molecule has 2 heterocycles. The minimum atomic E-state index is -0.784. The first-order chi connectivity index (χ1) is 14.2. The SMILES string of the molecule is COc1ccc(C2=NN3[C@@H](C(=O)c4ccccc4)Oc4ccccc4[C@H]3C2)cc1. The summed E-state index contributed by atoms with van der Waals surface area (Å²) in [5.41, 5.74) is 3.62. The molecule has 5 nitrogen and oxygen atoms in total. The highest BCUT2D eigenvalue weighted by atomic mass is 16.5. The average Bonchev–Trinajstić information content (AvgIpc) is 3.24. The van der Waals surface area contributed by atoms with Crippen LogP contribution in [0.1, 0.15) is 33.9 Å². The molecule has 0 bridgehead atoms. The average molecular weight is 384 g/mol. The molecule has 2 aliphatic rings. The molecule has 29 heavy (non-hydrogen) atoms. The van der Waals surface area contributed by atoms with Crippen molar-refractivity contribution in [3.05, 3.63) is 95.6 Å². The van der Waals surface area contributed by atoms with E-state index in [9.17, 15) is 4.79 Å². The minimum Gasteiger partial charge on any atom is -0.497 e. The van der Waals surface area contributed by atoms with Crippen LogP contribution in [0.5, 0.6) is 11.5 Å². The highest BCUT2D eigenvalue weighted by Gasteiger charge is 2.43. The maximum absolute atomic E-state index is 13.2. The number of carbonyl (C=O) groups excluding carboxylic acids is 1. The van der Waals surface area contributed by atoms with Crippen LogP contribution in [0.2, 0.25) is 0 Å². The quantitative estimate of drug-likeness (QED) is 0.624. The smallest absolute Gasteiger partial charge is 0.251 e. The summed E-state index contributed by atoms with van der Waals surface area (Å²) in [7, 11) is 1.65. The van der Waals surface area contributed by atoms with Gasteiger partial charge in [-0.2, -0.15) is 5.10 Å². The number of hydrogen-bond acceptors (Lipinski definition) is 5. The van der Waals surface area contributed by atoms with Crippen molar-refractivity contribution in [2.24, 2.45) is 5.10 Å². The van der Waals surface area contributed by atoms with Crippen LogP contribution in [0.15, 0.2) is 84.0 Å². The minimum absolute atomic E-state index is 0.0327. The lowest BCUT2D eigenvalue weighted by atomic mass is 9.96. The summed E-state index contributed by atoms with van der Waals surface area (Å²) < 4.78 is 11.4. The van der Waals surface area contributed by atoms with E-state index in [2.05, 4.69) is 0 Å². The Morgan fingerprint density at radius 1 is 1.00 bits per heavy atom.